The number of hydrogen-bond acceptors (Lipinski definition) is 2. The smallest absolute Gasteiger partial charge is 0.232 e. The predicted octanol–water partition coefficient (Wildman–Crippen LogP) is 5.06. The fourth-order valence-corrected chi connectivity index (χ4v) is 2.25. The number of halogens is 4. The van der Waals surface area contributed by atoms with Crippen LogP contribution in [0.2, 0.25) is 5.15 Å². The lowest BCUT2D eigenvalue weighted by molar-refractivity contribution is 0.151. The second kappa shape index (κ2) is 5.92. The molecule has 0 unspecified atom stereocenters. The summed E-state index contributed by atoms with van der Waals surface area (Å²) in [5.74, 6) is 0.436. The van der Waals surface area contributed by atoms with Crippen LogP contribution in [0.4, 0.5) is 8.78 Å². The fraction of sp³-hybridized carbons (Fsp3) is 0.231. The molecule has 1 heterocycles. The molecule has 19 heavy (non-hydrogen) atoms. The topological polar surface area (TPSA) is 25.8 Å². The van der Waals surface area contributed by atoms with Gasteiger partial charge in [0.2, 0.25) is 0 Å². The molecule has 2 nitrogen and oxygen atoms in total. The number of aromatic nitrogens is 2. The third-order valence-electron chi connectivity index (χ3n) is 2.64. The van der Waals surface area contributed by atoms with Gasteiger partial charge in [-0.3, -0.25) is 0 Å². The first kappa shape index (κ1) is 14.3. The highest BCUT2D eigenvalue weighted by Gasteiger charge is 2.12. The zero-order valence-electron chi connectivity index (χ0n) is 10.0. The molecule has 6 heteroatoms. The summed E-state index contributed by atoms with van der Waals surface area (Å²) >= 11 is 9.33. The largest absolute Gasteiger partial charge is 0.263 e. The van der Waals surface area contributed by atoms with Crippen molar-refractivity contribution in [3.8, 4) is 11.4 Å². The highest BCUT2D eigenvalue weighted by Crippen LogP contribution is 2.28. The Morgan fingerprint density at radius 2 is 1.84 bits per heavy atom. The van der Waals surface area contributed by atoms with Gasteiger partial charge in [-0.05, 0) is 22.4 Å². The SMILES string of the molecule is CCc1nc(-c2ccc(C(F)F)cc2)nc(Cl)c1Br. The third kappa shape index (κ3) is 3.09. The molecule has 0 amide bonds. The van der Waals surface area contributed by atoms with E-state index in [1.54, 1.807) is 12.1 Å². The van der Waals surface area contributed by atoms with Crippen molar-refractivity contribution in [2.45, 2.75) is 19.8 Å². The van der Waals surface area contributed by atoms with Gasteiger partial charge in [-0.25, -0.2) is 18.7 Å². The van der Waals surface area contributed by atoms with Crippen LogP contribution < -0.4 is 0 Å². The maximum atomic E-state index is 12.5. The van der Waals surface area contributed by atoms with Crippen molar-refractivity contribution < 1.29 is 8.78 Å². The zero-order chi connectivity index (χ0) is 14.0. The van der Waals surface area contributed by atoms with Crippen molar-refractivity contribution in [2.75, 3.05) is 0 Å². The van der Waals surface area contributed by atoms with Gasteiger partial charge in [-0.1, -0.05) is 42.8 Å². The average molecular weight is 348 g/mol. The van der Waals surface area contributed by atoms with Crippen LogP contribution in [0.3, 0.4) is 0 Å². The van der Waals surface area contributed by atoms with Crippen LogP contribution in [-0.4, -0.2) is 9.97 Å². The Labute approximate surface area is 123 Å². The summed E-state index contributed by atoms with van der Waals surface area (Å²) in [6.45, 7) is 1.95. The summed E-state index contributed by atoms with van der Waals surface area (Å²) in [5, 5.41) is 0.319. The van der Waals surface area contributed by atoms with Gasteiger partial charge >= 0.3 is 0 Å². The molecule has 1 aromatic carbocycles. The molecule has 0 aliphatic carbocycles. The van der Waals surface area contributed by atoms with Gasteiger partial charge in [0.1, 0.15) is 5.15 Å². The van der Waals surface area contributed by atoms with E-state index in [1.165, 1.54) is 12.1 Å². The molecule has 0 saturated heterocycles. The van der Waals surface area contributed by atoms with Gasteiger partial charge in [0.15, 0.2) is 5.82 Å². The summed E-state index contributed by atoms with van der Waals surface area (Å²) < 4.78 is 25.6. The van der Waals surface area contributed by atoms with E-state index in [-0.39, 0.29) is 5.56 Å². The Bertz CT molecular complexity index is 588. The minimum atomic E-state index is -2.48. The first-order chi connectivity index (χ1) is 9.02. The third-order valence-corrected chi connectivity index (χ3v) is 3.97. The molecule has 0 radical (unpaired) electrons. The summed E-state index contributed by atoms with van der Waals surface area (Å²) in [6.07, 6.45) is -1.78. The lowest BCUT2D eigenvalue weighted by Gasteiger charge is -2.07. The Balaban J connectivity index is 2.44. The summed E-state index contributed by atoms with van der Waals surface area (Å²) in [6, 6.07) is 5.87. The van der Waals surface area contributed by atoms with Gasteiger partial charge in [-0.15, -0.1) is 0 Å². The molecule has 0 N–H and O–H groups in total. The highest BCUT2D eigenvalue weighted by atomic mass is 79.9. The van der Waals surface area contributed by atoms with Crippen molar-refractivity contribution in [3.05, 3.63) is 45.1 Å². The normalized spacial score (nSPS) is 11.1. The van der Waals surface area contributed by atoms with Crippen molar-refractivity contribution in [2.24, 2.45) is 0 Å². The van der Waals surface area contributed by atoms with Gasteiger partial charge in [0, 0.05) is 11.1 Å². The second-order valence-electron chi connectivity index (χ2n) is 3.87. The standard InChI is InChI=1S/C13H10BrClF2N2/c1-2-9-10(14)11(15)19-13(18-9)8-5-3-7(4-6-8)12(16)17/h3-6,12H,2H2,1H3. The maximum absolute atomic E-state index is 12.5. The van der Waals surface area contributed by atoms with E-state index in [9.17, 15) is 8.78 Å². The molecule has 2 rings (SSSR count). The fourth-order valence-electron chi connectivity index (χ4n) is 1.60. The number of aryl methyl sites for hydroxylation is 1. The molecular formula is C13H10BrClF2N2. The van der Waals surface area contributed by atoms with Crippen molar-refractivity contribution in [1.29, 1.82) is 0 Å². The minimum Gasteiger partial charge on any atom is -0.232 e. The quantitative estimate of drug-likeness (QED) is 0.725. The minimum absolute atomic E-state index is 0.0253. The van der Waals surface area contributed by atoms with Crippen LogP contribution in [0.25, 0.3) is 11.4 Å². The lowest BCUT2D eigenvalue weighted by atomic mass is 10.1. The predicted molar refractivity (Wildman–Crippen MR) is 74.5 cm³/mol. The molecule has 0 fully saturated rings. The summed E-state index contributed by atoms with van der Waals surface area (Å²) in [4.78, 5) is 8.51. The van der Waals surface area contributed by atoms with Crippen molar-refractivity contribution >= 4 is 27.5 Å². The molecular weight excluding hydrogens is 338 g/mol. The molecule has 0 atom stereocenters. The Kier molecular flexibility index (Phi) is 4.47. The molecule has 0 saturated carbocycles. The second-order valence-corrected chi connectivity index (χ2v) is 5.03. The summed E-state index contributed by atoms with van der Waals surface area (Å²) in [7, 11) is 0. The lowest BCUT2D eigenvalue weighted by Crippen LogP contribution is -1.97. The molecule has 2 aromatic rings. The number of rotatable bonds is 3. The van der Waals surface area contributed by atoms with Crippen LogP contribution in [0.1, 0.15) is 24.6 Å². The molecule has 1 aromatic heterocycles. The Hall–Kier alpha value is -1.07. The number of benzene rings is 1. The van der Waals surface area contributed by atoms with E-state index in [4.69, 9.17) is 11.6 Å². The molecule has 0 aliphatic rings. The van der Waals surface area contributed by atoms with E-state index in [0.717, 1.165) is 5.69 Å². The molecule has 0 aliphatic heterocycles. The van der Waals surface area contributed by atoms with E-state index in [2.05, 4.69) is 25.9 Å². The van der Waals surface area contributed by atoms with E-state index < -0.39 is 6.43 Å². The number of nitrogens with zero attached hydrogens (tertiary/aromatic N) is 2. The molecule has 0 bridgehead atoms. The first-order valence-corrected chi connectivity index (χ1v) is 6.80. The monoisotopic (exact) mass is 346 g/mol. The first-order valence-electron chi connectivity index (χ1n) is 5.63. The van der Waals surface area contributed by atoms with Crippen LogP contribution in [0.15, 0.2) is 28.7 Å². The molecule has 0 spiro atoms. The number of alkyl halides is 2. The van der Waals surface area contributed by atoms with E-state index in [0.29, 0.717) is 27.4 Å². The van der Waals surface area contributed by atoms with Crippen LogP contribution in [0.5, 0.6) is 0 Å². The van der Waals surface area contributed by atoms with E-state index >= 15 is 0 Å². The summed E-state index contributed by atoms with van der Waals surface area (Å²) in [5.41, 5.74) is 1.42. The zero-order valence-corrected chi connectivity index (χ0v) is 12.3. The van der Waals surface area contributed by atoms with Crippen molar-refractivity contribution in [3.63, 3.8) is 0 Å². The van der Waals surface area contributed by atoms with Crippen LogP contribution in [-0.2, 0) is 6.42 Å². The van der Waals surface area contributed by atoms with Gasteiger partial charge in [-0.2, -0.15) is 0 Å². The average Bonchev–Trinajstić information content (AvgIpc) is 2.41. The Morgan fingerprint density at radius 1 is 1.21 bits per heavy atom. The van der Waals surface area contributed by atoms with Crippen molar-refractivity contribution in [1.82, 2.24) is 9.97 Å². The van der Waals surface area contributed by atoms with E-state index in [1.807, 2.05) is 6.92 Å². The molecule has 100 valence electrons. The maximum Gasteiger partial charge on any atom is 0.263 e. The van der Waals surface area contributed by atoms with Gasteiger partial charge < -0.3 is 0 Å². The van der Waals surface area contributed by atoms with Gasteiger partial charge in [0.25, 0.3) is 6.43 Å². The number of hydrogen-bond donors (Lipinski definition) is 0. The van der Waals surface area contributed by atoms with Crippen LogP contribution in [0, 0.1) is 0 Å². The highest BCUT2D eigenvalue weighted by molar-refractivity contribution is 9.10. The van der Waals surface area contributed by atoms with Gasteiger partial charge in [0.05, 0.1) is 10.2 Å². The Morgan fingerprint density at radius 3 is 2.37 bits per heavy atom. The van der Waals surface area contributed by atoms with Crippen LogP contribution >= 0.6 is 27.5 Å².